The van der Waals surface area contributed by atoms with Gasteiger partial charge in [-0.2, -0.15) is 0 Å². The molecular weight excluding hydrogens is 339 g/mol. The second-order valence-electron chi connectivity index (χ2n) is 5.19. The van der Waals surface area contributed by atoms with E-state index in [4.69, 9.17) is 4.74 Å². The smallest absolute Gasteiger partial charge is 0.0770 e. The molecule has 0 aromatic heterocycles. The van der Waals surface area contributed by atoms with Crippen molar-refractivity contribution in [1.29, 1.82) is 0 Å². The van der Waals surface area contributed by atoms with Crippen molar-refractivity contribution in [2.75, 3.05) is 0 Å². The molecule has 1 aliphatic heterocycles. The van der Waals surface area contributed by atoms with E-state index in [-0.39, 0.29) is 0 Å². The zero-order valence-electron chi connectivity index (χ0n) is 10.3. The Bertz CT molecular complexity index is 387. The maximum absolute atomic E-state index is 6.04. The first kappa shape index (κ1) is 12.8. The lowest BCUT2D eigenvalue weighted by Crippen LogP contribution is -2.38. The van der Waals surface area contributed by atoms with Crippen LogP contribution in [0.3, 0.4) is 0 Å². The van der Waals surface area contributed by atoms with Gasteiger partial charge >= 0.3 is 0 Å². The van der Waals surface area contributed by atoms with Gasteiger partial charge in [-0.05, 0) is 24.8 Å². The number of benzene rings is 1. The summed E-state index contributed by atoms with van der Waals surface area (Å²) in [4.78, 5) is 0. The first-order valence-electron chi connectivity index (χ1n) is 6.63. The molecule has 1 saturated carbocycles. The molecule has 2 N–H and O–H groups in total. The summed E-state index contributed by atoms with van der Waals surface area (Å²) in [5.41, 5.74) is 8.00. The fourth-order valence-corrected chi connectivity index (χ4v) is 3.95. The van der Waals surface area contributed by atoms with Crippen LogP contribution in [-0.4, -0.2) is 16.2 Å². The number of hydrogen-bond donors (Lipinski definition) is 2. The van der Waals surface area contributed by atoms with Gasteiger partial charge in [0.2, 0.25) is 0 Å². The number of halogens is 1. The summed E-state index contributed by atoms with van der Waals surface area (Å²) < 4.78 is 6.61. The van der Waals surface area contributed by atoms with Crippen molar-refractivity contribution in [2.24, 2.45) is 5.92 Å². The molecule has 4 heteroatoms. The van der Waals surface area contributed by atoms with Crippen LogP contribution < -0.4 is 10.9 Å². The average molecular weight is 358 g/mol. The molecule has 1 aromatic rings. The Hall–Kier alpha value is -0.170. The van der Waals surface area contributed by atoms with E-state index in [1.165, 1.54) is 18.4 Å². The molecule has 3 rings (SSSR count). The van der Waals surface area contributed by atoms with Crippen molar-refractivity contribution < 1.29 is 4.74 Å². The first-order valence-corrected chi connectivity index (χ1v) is 7.88. The molecule has 1 aromatic carbocycles. The maximum Gasteiger partial charge on any atom is 0.0770 e. The van der Waals surface area contributed by atoms with E-state index in [0.29, 0.717) is 16.2 Å². The lowest BCUT2D eigenvalue weighted by Gasteiger charge is -2.31. The van der Waals surface area contributed by atoms with Crippen LogP contribution in [0.4, 0.5) is 0 Å². The minimum absolute atomic E-state index is 0.405. The molecule has 0 radical (unpaired) electrons. The van der Waals surface area contributed by atoms with Crippen molar-refractivity contribution in [3.8, 4) is 0 Å². The average Bonchev–Trinajstić information content (AvgIpc) is 2.79. The van der Waals surface area contributed by atoms with Crippen LogP contribution in [-0.2, 0) is 11.3 Å². The third kappa shape index (κ3) is 2.87. The van der Waals surface area contributed by atoms with Crippen molar-refractivity contribution in [3.63, 3.8) is 0 Å². The molecule has 2 fully saturated rings. The minimum atomic E-state index is 0.405. The molecule has 18 heavy (non-hydrogen) atoms. The monoisotopic (exact) mass is 358 g/mol. The van der Waals surface area contributed by atoms with Gasteiger partial charge < -0.3 is 4.74 Å². The fraction of sp³-hybridized carbons (Fsp3) is 0.571. The van der Waals surface area contributed by atoms with Crippen molar-refractivity contribution in [3.05, 3.63) is 35.9 Å². The SMILES string of the molecule is IC1NNC2CC(OCc3ccccc3)CCC12. The van der Waals surface area contributed by atoms with Crippen LogP contribution in [0.25, 0.3) is 0 Å². The number of fused-ring (bicyclic) bond motifs is 1. The van der Waals surface area contributed by atoms with Gasteiger partial charge in [-0.3, -0.25) is 5.43 Å². The van der Waals surface area contributed by atoms with Gasteiger partial charge in [0, 0.05) is 12.0 Å². The summed E-state index contributed by atoms with van der Waals surface area (Å²) in [6.07, 6.45) is 3.99. The van der Waals surface area contributed by atoms with Crippen molar-refractivity contribution in [1.82, 2.24) is 10.9 Å². The van der Waals surface area contributed by atoms with Crippen molar-refractivity contribution in [2.45, 2.75) is 42.1 Å². The van der Waals surface area contributed by atoms with Gasteiger partial charge in [-0.15, -0.1) is 0 Å². The van der Waals surface area contributed by atoms with Crippen LogP contribution in [0.15, 0.2) is 30.3 Å². The number of nitrogens with one attached hydrogen (secondary N) is 2. The van der Waals surface area contributed by atoms with Gasteiger partial charge in [0.1, 0.15) is 0 Å². The van der Waals surface area contributed by atoms with Gasteiger partial charge in [-0.25, -0.2) is 5.43 Å². The normalized spacial score (nSPS) is 35.4. The molecular formula is C14H19IN2O. The molecule has 3 nitrogen and oxygen atoms in total. The molecule has 1 heterocycles. The van der Waals surface area contributed by atoms with Gasteiger partial charge in [0.15, 0.2) is 0 Å². The highest BCUT2D eigenvalue weighted by atomic mass is 127. The standard InChI is InChI=1S/C14H19IN2O/c15-14-12-7-6-11(8-13(12)16-17-14)18-9-10-4-2-1-3-5-10/h1-5,11-14,16-17H,6-9H2. The summed E-state index contributed by atoms with van der Waals surface area (Å²) in [7, 11) is 0. The van der Waals surface area contributed by atoms with E-state index in [2.05, 4.69) is 57.7 Å². The van der Waals surface area contributed by atoms with Gasteiger partial charge in [-0.1, -0.05) is 52.9 Å². The van der Waals surface area contributed by atoms with E-state index < -0.39 is 0 Å². The van der Waals surface area contributed by atoms with Crippen LogP contribution >= 0.6 is 22.6 Å². The minimum Gasteiger partial charge on any atom is -0.373 e. The highest BCUT2D eigenvalue weighted by Gasteiger charge is 2.39. The fourth-order valence-electron chi connectivity index (χ4n) is 2.91. The molecule has 4 atom stereocenters. The number of ether oxygens (including phenoxy) is 1. The molecule has 1 aliphatic carbocycles. The van der Waals surface area contributed by atoms with Gasteiger partial charge in [0.05, 0.1) is 16.8 Å². The predicted molar refractivity (Wildman–Crippen MR) is 80.2 cm³/mol. The Kier molecular flexibility index (Phi) is 4.18. The highest BCUT2D eigenvalue weighted by molar-refractivity contribution is 14.1. The molecule has 1 saturated heterocycles. The predicted octanol–water partition coefficient (Wildman–Crippen LogP) is 2.61. The topological polar surface area (TPSA) is 33.3 Å². The molecule has 2 aliphatic rings. The van der Waals surface area contributed by atoms with E-state index in [0.717, 1.165) is 18.9 Å². The number of alkyl halides is 1. The second-order valence-corrected chi connectivity index (χ2v) is 6.53. The molecule has 0 amide bonds. The lowest BCUT2D eigenvalue weighted by atomic mass is 9.84. The lowest BCUT2D eigenvalue weighted by molar-refractivity contribution is 0.00244. The molecule has 98 valence electrons. The quantitative estimate of drug-likeness (QED) is 0.495. The number of rotatable bonds is 3. The van der Waals surface area contributed by atoms with E-state index in [1.807, 2.05) is 6.07 Å². The Morgan fingerprint density at radius 2 is 2.00 bits per heavy atom. The Balaban J connectivity index is 1.50. The molecule has 4 unspecified atom stereocenters. The van der Waals surface area contributed by atoms with Crippen LogP contribution in [0, 0.1) is 5.92 Å². The second kappa shape index (κ2) is 5.86. The maximum atomic E-state index is 6.04. The van der Waals surface area contributed by atoms with Crippen LogP contribution in [0.2, 0.25) is 0 Å². The van der Waals surface area contributed by atoms with Gasteiger partial charge in [0.25, 0.3) is 0 Å². The van der Waals surface area contributed by atoms with Crippen LogP contribution in [0.5, 0.6) is 0 Å². The molecule has 0 spiro atoms. The van der Waals surface area contributed by atoms with E-state index >= 15 is 0 Å². The zero-order valence-corrected chi connectivity index (χ0v) is 12.5. The Morgan fingerprint density at radius 3 is 2.83 bits per heavy atom. The third-order valence-electron chi connectivity index (χ3n) is 3.97. The van der Waals surface area contributed by atoms with Crippen LogP contribution in [0.1, 0.15) is 24.8 Å². The number of hydrogen-bond acceptors (Lipinski definition) is 3. The largest absolute Gasteiger partial charge is 0.373 e. The van der Waals surface area contributed by atoms with Crippen molar-refractivity contribution >= 4 is 22.6 Å². The summed E-state index contributed by atoms with van der Waals surface area (Å²) in [5.74, 6) is 0.766. The first-order chi connectivity index (χ1) is 8.83. The summed E-state index contributed by atoms with van der Waals surface area (Å²) >= 11 is 2.49. The van der Waals surface area contributed by atoms with E-state index in [1.54, 1.807) is 0 Å². The summed E-state index contributed by atoms with van der Waals surface area (Å²) in [6, 6.07) is 11.0. The summed E-state index contributed by atoms with van der Waals surface area (Å²) in [5, 5.41) is 0. The third-order valence-corrected chi connectivity index (χ3v) is 5.20. The summed E-state index contributed by atoms with van der Waals surface area (Å²) in [6.45, 7) is 0.740. The Labute approximate surface area is 122 Å². The van der Waals surface area contributed by atoms with E-state index in [9.17, 15) is 0 Å². The zero-order chi connectivity index (χ0) is 12.4. The highest BCUT2D eigenvalue weighted by Crippen LogP contribution is 2.34. The number of hydrazine groups is 1. The Morgan fingerprint density at radius 1 is 1.17 bits per heavy atom. The molecule has 0 bridgehead atoms.